The molecule has 8 atom stereocenters. The van der Waals surface area contributed by atoms with Crippen molar-refractivity contribution in [3.63, 3.8) is 0 Å². The SMILES string of the molecule is C[C@H](CCC(=O)OCCC(F)(F)C(F)(F)Br)[C@H]1CC[C@H]2[C@@H]3C(=O)CC4CC(=O)CC[C@]4(C)C3CC(=O)[C@]12C. The van der Waals surface area contributed by atoms with E-state index in [1.54, 1.807) is 15.9 Å². The largest absolute Gasteiger partial charge is 0.465 e. The first kappa shape index (κ1) is 29.7. The van der Waals surface area contributed by atoms with Crippen molar-refractivity contribution in [2.24, 2.45) is 46.3 Å². The fraction of sp³-hybridized carbons (Fsp3) is 0.857. The Hall–Kier alpha value is -1.32. The van der Waals surface area contributed by atoms with Crippen LogP contribution in [0.25, 0.3) is 0 Å². The fourth-order valence-electron chi connectivity index (χ4n) is 8.44. The minimum Gasteiger partial charge on any atom is -0.465 e. The molecule has 5 nitrogen and oxygen atoms in total. The average Bonchev–Trinajstić information content (AvgIpc) is 3.17. The highest BCUT2D eigenvalue weighted by molar-refractivity contribution is 9.10. The van der Waals surface area contributed by atoms with Crippen molar-refractivity contribution in [3.05, 3.63) is 0 Å². The Labute approximate surface area is 229 Å². The van der Waals surface area contributed by atoms with Crippen molar-refractivity contribution in [2.45, 2.75) is 95.7 Å². The van der Waals surface area contributed by atoms with Gasteiger partial charge in [0.15, 0.2) is 0 Å². The maximum absolute atomic E-state index is 13.8. The number of carbonyl (C=O) groups excluding carboxylic acids is 4. The highest BCUT2D eigenvalue weighted by Gasteiger charge is 2.66. The third-order valence-electron chi connectivity index (χ3n) is 10.8. The van der Waals surface area contributed by atoms with Gasteiger partial charge in [0.1, 0.15) is 17.3 Å². The maximum atomic E-state index is 13.8. The Balaban J connectivity index is 1.39. The average molecular weight is 609 g/mol. The summed E-state index contributed by atoms with van der Waals surface area (Å²) in [6.45, 7) is 5.27. The fourth-order valence-corrected chi connectivity index (χ4v) is 8.64. The Kier molecular flexibility index (Phi) is 8.01. The molecule has 4 aliphatic rings. The molecule has 0 aromatic rings. The van der Waals surface area contributed by atoms with Crippen LogP contribution in [0.1, 0.15) is 85.0 Å². The summed E-state index contributed by atoms with van der Waals surface area (Å²) in [5.74, 6) is -4.91. The molecule has 38 heavy (non-hydrogen) atoms. The highest BCUT2D eigenvalue weighted by Crippen LogP contribution is 2.66. The molecule has 2 unspecified atom stereocenters. The van der Waals surface area contributed by atoms with Crippen LogP contribution in [0.2, 0.25) is 0 Å². The van der Waals surface area contributed by atoms with Gasteiger partial charge in [-0.1, -0.05) is 20.8 Å². The van der Waals surface area contributed by atoms with E-state index in [2.05, 4.69) is 6.92 Å². The van der Waals surface area contributed by atoms with Crippen molar-refractivity contribution in [2.75, 3.05) is 6.61 Å². The first-order valence-corrected chi connectivity index (χ1v) is 14.5. The van der Waals surface area contributed by atoms with Gasteiger partial charge in [-0.15, -0.1) is 0 Å². The molecule has 4 saturated carbocycles. The van der Waals surface area contributed by atoms with Gasteiger partial charge >= 0.3 is 16.7 Å². The normalized spacial score (nSPS) is 38.3. The first-order valence-electron chi connectivity index (χ1n) is 13.7. The van der Waals surface area contributed by atoms with Crippen LogP contribution in [0.5, 0.6) is 0 Å². The lowest BCUT2D eigenvalue weighted by molar-refractivity contribution is -0.166. The summed E-state index contributed by atoms with van der Waals surface area (Å²) in [4.78, 5) is 47.1. The predicted molar refractivity (Wildman–Crippen MR) is 134 cm³/mol. The number of rotatable bonds is 8. The van der Waals surface area contributed by atoms with Gasteiger partial charge in [0, 0.05) is 43.4 Å². The molecule has 0 aliphatic heterocycles. The zero-order valence-electron chi connectivity index (χ0n) is 22.2. The Morgan fingerprint density at radius 3 is 2.42 bits per heavy atom. The number of halogens is 5. The van der Waals surface area contributed by atoms with Crippen LogP contribution in [0.15, 0.2) is 0 Å². The van der Waals surface area contributed by atoms with E-state index >= 15 is 0 Å². The molecular weight excluding hydrogens is 572 g/mol. The van der Waals surface area contributed by atoms with Crippen LogP contribution in [-0.4, -0.2) is 40.7 Å². The molecule has 0 aromatic carbocycles. The summed E-state index contributed by atoms with van der Waals surface area (Å²) < 4.78 is 57.2. The van der Waals surface area contributed by atoms with Crippen LogP contribution < -0.4 is 0 Å². The zero-order chi connectivity index (χ0) is 28.3. The van der Waals surface area contributed by atoms with Gasteiger partial charge in [0.25, 0.3) is 0 Å². The molecule has 4 rings (SSSR count). The second-order valence-corrected chi connectivity index (χ2v) is 13.6. The molecule has 0 aromatic heterocycles. The molecule has 0 bridgehead atoms. The quantitative estimate of drug-likeness (QED) is 0.177. The molecular formula is C28H37BrF4O5. The maximum Gasteiger partial charge on any atom is 0.363 e. The third kappa shape index (κ3) is 5.00. The van der Waals surface area contributed by atoms with Gasteiger partial charge in [-0.25, -0.2) is 0 Å². The predicted octanol–water partition coefficient (Wildman–Crippen LogP) is 6.55. The molecule has 0 N–H and O–H groups in total. The van der Waals surface area contributed by atoms with Crippen molar-refractivity contribution < 1.29 is 41.5 Å². The lowest BCUT2D eigenvalue weighted by atomic mass is 9.44. The smallest absolute Gasteiger partial charge is 0.363 e. The molecule has 0 radical (unpaired) electrons. The van der Waals surface area contributed by atoms with Crippen LogP contribution >= 0.6 is 15.9 Å². The number of Topliss-reactive ketones (excluding diaryl/α,β-unsaturated/α-hetero) is 3. The second kappa shape index (κ2) is 10.3. The molecule has 4 fully saturated rings. The highest BCUT2D eigenvalue weighted by atomic mass is 79.9. The molecule has 0 amide bonds. The van der Waals surface area contributed by atoms with Crippen LogP contribution in [-0.2, 0) is 23.9 Å². The van der Waals surface area contributed by atoms with Crippen LogP contribution in [0.3, 0.4) is 0 Å². The molecule has 4 aliphatic carbocycles. The van der Waals surface area contributed by atoms with Crippen molar-refractivity contribution in [1.82, 2.24) is 0 Å². The Morgan fingerprint density at radius 1 is 1.08 bits per heavy atom. The summed E-state index contributed by atoms with van der Waals surface area (Å²) in [5, 5.41) is 0. The van der Waals surface area contributed by atoms with Gasteiger partial charge in [0.05, 0.1) is 13.0 Å². The summed E-state index contributed by atoms with van der Waals surface area (Å²) in [6, 6.07) is 0. The summed E-state index contributed by atoms with van der Waals surface area (Å²) >= 11 is 1.65. The first-order chi connectivity index (χ1) is 17.5. The number of hydrogen-bond acceptors (Lipinski definition) is 5. The van der Waals surface area contributed by atoms with Crippen LogP contribution in [0.4, 0.5) is 17.6 Å². The minimum atomic E-state index is -4.38. The topological polar surface area (TPSA) is 77.5 Å². The summed E-state index contributed by atoms with van der Waals surface area (Å²) in [6.07, 6.45) is 2.90. The van der Waals surface area contributed by atoms with Gasteiger partial charge in [-0.05, 0) is 76.6 Å². The number of hydrogen-bond donors (Lipinski definition) is 0. The molecule has 0 spiro atoms. The lowest BCUT2D eigenvalue weighted by Gasteiger charge is -2.58. The Bertz CT molecular complexity index is 996. The number of fused-ring (bicyclic) bond motifs is 5. The monoisotopic (exact) mass is 608 g/mol. The standard InChI is InChI=1S/C28H37BrF4O5/c1-15(4-7-23(37)38-11-10-27(30,31)28(29,32)33)18-5-6-19-24-20(14-22(36)26(18,19)3)25(2)9-8-17(34)12-16(25)13-21(24)35/h15-16,18-20,24H,4-14H2,1-3H3/t15-,16?,18-,19+,20?,24+,25+,26-/m1/s1. The summed E-state index contributed by atoms with van der Waals surface area (Å²) in [7, 11) is 0. The van der Waals surface area contributed by atoms with E-state index in [0.717, 1.165) is 19.3 Å². The van der Waals surface area contributed by atoms with E-state index < -0.39 is 35.2 Å². The van der Waals surface area contributed by atoms with Gasteiger partial charge in [-0.2, -0.15) is 17.6 Å². The van der Waals surface area contributed by atoms with E-state index in [-0.39, 0.29) is 64.7 Å². The minimum absolute atomic E-state index is 0.0116. The summed E-state index contributed by atoms with van der Waals surface area (Å²) in [5.41, 5.74) is -0.871. The van der Waals surface area contributed by atoms with Crippen molar-refractivity contribution in [1.29, 1.82) is 0 Å². The molecule has 0 heterocycles. The molecule has 214 valence electrons. The Morgan fingerprint density at radius 2 is 1.76 bits per heavy atom. The number of esters is 1. The molecule has 0 saturated heterocycles. The lowest BCUT2D eigenvalue weighted by Crippen LogP contribution is -2.60. The number of ether oxygens (including phenoxy) is 1. The van der Waals surface area contributed by atoms with Gasteiger partial charge in [0.2, 0.25) is 0 Å². The van der Waals surface area contributed by atoms with Gasteiger partial charge in [-0.3, -0.25) is 19.2 Å². The number of alkyl halides is 5. The van der Waals surface area contributed by atoms with E-state index in [9.17, 15) is 36.7 Å². The zero-order valence-corrected chi connectivity index (χ0v) is 23.8. The van der Waals surface area contributed by atoms with Crippen molar-refractivity contribution in [3.8, 4) is 0 Å². The molecule has 10 heteroatoms. The number of ketones is 3. The third-order valence-corrected chi connectivity index (χ3v) is 11.4. The van der Waals surface area contributed by atoms with Gasteiger partial charge < -0.3 is 4.74 Å². The van der Waals surface area contributed by atoms with E-state index in [4.69, 9.17) is 4.74 Å². The van der Waals surface area contributed by atoms with E-state index in [0.29, 0.717) is 32.1 Å². The van der Waals surface area contributed by atoms with E-state index in [1.807, 2.05) is 13.8 Å². The van der Waals surface area contributed by atoms with Crippen LogP contribution in [0, 0.1) is 46.3 Å². The van der Waals surface area contributed by atoms with Crippen molar-refractivity contribution >= 4 is 39.2 Å². The van der Waals surface area contributed by atoms with E-state index in [1.165, 1.54) is 0 Å². The second-order valence-electron chi connectivity index (χ2n) is 12.6. The number of carbonyl (C=O) groups is 4.